The Morgan fingerprint density at radius 2 is 1.95 bits per heavy atom. The van der Waals surface area contributed by atoms with E-state index in [1.165, 1.54) is 25.7 Å². The van der Waals surface area contributed by atoms with Gasteiger partial charge in [0.2, 0.25) is 0 Å². The third kappa shape index (κ3) is 1.83. The van der Waals surface area contributed by atoms with Gasteiger partial charge in [-0.05, 0) is 68.1 Å². The van der Waals surface area contributed by atoms with Gasteiger partial charge in [0.1, 0.15) is 6.10 Å². The molecule has 0 radical (unpaired) electrons. The van der Waals surface area contributed by atoms with Crippen molar-refractivity contribution in [2.24, 2.45) is 28.6 Å². The number of carbonyl (C=O) groups is 1. The third-order valence-corrected chi connectivity index (χ3v) is 7.38. The van der Waals surface area contributed by atoms with Crippen molar-refractivity contribution < 1.29 is 9.53 Å². The number of carbonyl (C=O) groups excluding carboxylic acids is 1. The molecule has 3 aliphatic rings. The summed E-state index contributed by atoms with van der Waals surface area (Å²) in [5, 5.41) is 0. The van der Waals surface area contributed by atoms with E-state index in [4.69, 9.17) is 4.74 Å². The first kappa shape index (κ1) is 14.6. The van der Waals surface area contributed by atoms with Crippen molar-refractivity contribution in [3.05, 3.63) is 0 Å². The third-order valence-electron chi connectivity index (χ3n) is 7.38. The Labute approximate surface area is 123 Å². The molecule has 0 saturated heterocycles. The highest BCUT2D eigenvalue weighted by Gasteiger charge is 2.63. The molecule has 114 valence electrons. The van der Waals surface area contributed by atoms with Gasteiger partial charge in [-0.3, -0.25) is 4.79 Å². The fraction of sp³-hybridized carbons (Fsp3) is 0.944. The lowest BCUT2D eigenvalue weighted by Gasteiger charge is -2.44. The summed E-state index contributed by atoms with van der Waals surface area (Å²) in [7, 11) is 0. The summed E-state index contributed by atoms with van der Waals surface area (Å²) in [4.78, 5) is 12.8. The van der Waals surface area contributed by atoms with Gasteiger partial charge >= 0.3 is 0 Å². The van der Waals surface area contributed by atoms with Gasteiger partial charge in [0, 0.05) is 12.5 Å². The predicted molar refractivity (Wildman–Crippen MR) is 80.5 cm³/mol. The maximum Gasteiger partial charge on any atom is 0.164 e. The number of ketones is 1. The lowest BCUT2D eigenvalue weighted by atomic mass is 9.60. The molecule has 3 rings (SSSR count). The lowest BCUT2D eigenvalue weighted by molar-refractivity contribution is -0.142. The Morgan fingerprint density at radius 1 is 1.20 bits per heavy atom. The average molecular weight is 278 g/mol. The maximum absolute atomic E-state index is 12.8. The number of rotatable bonds is 3. The molecule has 0 aromatic carbocycles. The molecule has 0 aromatic rings. The topological polar surface area (TPSA) is 26.3 Å². The van der Waals surface area contributed by atoms with Gasteiger partial charge in [0.15, 0.2) is 5.78 Å². The largest absolute Gasteiger partial charge is 0.371 e. The second-order valence-corrected chi connectivity index (χ2v) is 8.10. The van der Waals surface area contributed by atoms with Crippen molar-refractivity contribution in [1.82, 2.24) is 0 Å². The van der Waals surface area contributed by atoms with Gasteiger partial charge < -0.3 is 4.74 Å². The minimum absolute atomic E-state index is 0.107. The van der Waals surface area contributed by atoms with E-state index < -0.39 is 0 Å². The van der Waals surface area contributed by atoms with E-state index in [0.717, 1.165) is 18.8 Å². The van der Waals surface area contributed by atoms with E-state index >= 15 is 0 Å². The Bertz CT molecular complexity index is 398. The van der Waals surface area contributed by atoms with Gasteiger partial charge in [-0.25, -0.2) is 0 Å². The summed E-state index contributed by atoms with van der Waals surface area (Å²) in [6.07, 6.45) is 7.07. The van der Waals surface area contributed by atoms with Gasteiger partial charge in [-0.2, -0.15) is 0 Å². The zero-order valence-electron chi connectivity index (χ0n) is 13.6. The number of ether oxygens (including phenoxy) is 1. The lowest BCUT2D eigenvalue weighted by Crippen LogP contribution is -2.44. The van der Waals surface area contributed by atoms with Crippen LogP contribution in [0.4, 0.5) is 0 Å². The van der Waals surface area contributed by atoms with E-state index in [2.05, 4.69) is 20.8 Å². The summed E-state index contributed by atoms with van der Waals surface area (Å²) >= 11 is 0. The van der Waals surface area contributed by atoms with Crippen LogP contribution in [0, 0.1) is 28.6 Å². The van der Waals surface area contributed by atoms with Crippen molar-refractivity contribution in [2.45, 2.75) is 72.3 Å². The van der Waals surface area contributed by atoms with Crippen molar-refractivity contribution in [3.63, 3.8) is 0 Å². The Kier molecular flexibility index (Phi) is 3.52. The van der Waals surface area contributed by atoms with Gasteiger partial charge in [-0.1, -0.05) is 20.8 Å². The zero-order chi connectivity index (χ0) is 14.5. The molecule has 3 aliphatic carbocycles. The maximum atomic E-state index is 12.8. The Balaban J connectivity index is 1.82. The molecule has 2 unspecified atom stereocenters. The summed E-state index contributed by atoms with van der Waals surface area (Å²) in [6, 6.07) is 0. The molecule has 2 nitrogen and oxygen atoms in total. The highest BCUT2D eigenvalue weighted by molar-refractivity contribution is 5.86. The minimum atomic E-state index is -0.107. The van der Waals surface area contributed by atoms with E-state index in [0.29, 0.717) is 29.1 Å². The summed E-state index contributed by atoms with van der Waals surface area (Å²) in [6.45, 7) is 10.0. The zero-order valence-corrected chi connectivity index (χ0v) is 13.6. The van der Waals surface area contributed by atoms with Crippen LogP contribution in [-0.4, -0.2) is 18.5 Å². The first-order valence-corrected chi connectivity index (χ1v) is 8.57. The highest BCUT2D eigenvalue weighted by atomic mass is 16.5. The molecule has 20 heavy (non-hydrogen) atoms. The molecule has 2 heteroatoms. The molecule has 0 heterocycles. The van der Waals surface area contributed by atoms with Crippen LogP contribution in [0.15, 0.2) is 0 Å². The van der Waals surface area contributed by atoms with E-state index in [9.17, 15) is 4.79 Å². The SMILES string of the molecule is CCOC1CCCC([C@@H]2C[C@H]3CC[C@]2(C)C3(C)C)C1=O. The van der Waals surface area contributed by atoms with E-state index in [1.54, 1.807) is 0 Å². The molecular formula is C18H30O2. The summed E-state index contributed by atoms with van der Waals surface area (Å²) in [5.74, 6) is 2.13. The van der Waals surface area contributed by atoms with Crippen LogP contribution in [0.5, 0.6) is 0 Å². The summed E-state index contributed by atoms with van der Waals surface area (Å²) in [5.41, 5.74) is 0.780. The Hall–Kier alpha value is -0.370. The molecule has 0 N–H and O–H groups in total. The van der Waals surface area contributed by atoms with Crippen molar-refractivity contribution in [1.29, 1.82) is 0 Å². The molecular weight excluding hydrogens is 248 g/mol. The monoisotopic (exact) mass is 278 g/mol. The molecule has 0 amide bonds. The van der Waals surface area contributed by atoms with Gasteiger partial charge in [0.25, 0.3) is 0 Å². The molecule has 0 aliphatic heterocycles. The van der Waals surface area contributed by atoms with E-state index in [-0.39, 0.29) is 12.0 Å². The first-order valence-electron chi connectivity index (χ1n) is 8.57. The first-order chi connectivity index (χ1) is 9.41. The molecule has 3 saturated carbocycles. The highest BCUT2D eigenvalue weighted by Crippen LogP contribution is 2.70. The van der Waals surface area contributed by atoms with Crippen LogP contribution < -0.4 is 0 Å². The Morgan fingerprint density at radius 3 is 2.50 bits per heavy atom. The van der Waals surface area contributed by atoms with Crippen molar-refractivity contribution >= 4 is 5.78 Å². The fourth-order valence-corrected chi connectivity index (χ4v) is 5.69. The van der Waals surface area contributed by atoms with Crippen LogP contribution in [0.25, 0.3) is 0 Å². The number of hydrogen-bond acceptors (Lipinski definition) is 2. The molecule has 0 aromatic heterocycles. The number of hydrogen-bond donors (Lipinski definition) is 0. The summed E-state index contributed by atoms with van der Waals surface area (Å²) < 4.78 is 5.70. The second-order valence-electron chi connectivity index (χ2n) is 8.10. The molecule has 0 spiro atoms. The molecule has 2 bridgehead atoms. The van der Waals surface area contributed by atoms with Gasteiger partial charge in [-0.15, -0.1) is 0 Å². The van der Waals surface area contributed by atoms with Gasteiger partial charge in [0.05, 0.1) is 0 Å². The van der Waals surface area contributed by atoms with Crippen LogP contribution in [0.2, 0.25) is 0 Å². The normalized spacial score (nSPS) is 46.9. The van der Waals surface area contributed by atoms with Crippen molar-refractivity contribution in [3.8, 4) is 0 Å². The standard InChI is InChI=1S/C18H30O2/c1-5-20-15-8-6-7-13(16(15)19)14-11-12-9-10-18(14,4)17(12,2)3/h12-15H,5-11H2,1-4H3/t12-,13?,14+,15?,18+/m1/s1. The van der Waals surface area contributed by atoms with Crippen molar-refractivity contribution in [2.75, 3.05) is 6.61 Å². The molecule has 3 fully saturated rings. The van der Waals surface area contributed by atoms with E-state index in [1.807, 2.05) is 6.92 Å². The van der Waals surface area contributed by atoms with Crippen LogP contribution in [-0.2, 0) is 9.53 Å². The number of fused-ring (bicyclic) bond motifs is 2. The second kappa shape index (κ2) is 4.83. The predicted octanol–water partition coefficient (Wildman–Crippen LogP) is 4.22. The minimum Gasteiger partial charge on any atom is -0.371 e. The van der Waals surface area contributed by atoms with Crippen LogP contribution >= 0.6 is 0 Å². The number of Topliss-reactive ketones (excluding diaryl/α,β-unsaturated/α-hetero) is 1. The average Bonchev–Trinajstić information content (AvgIpc) is 2.74. The molecule has 5 atom stereocenters. The van der Waals surface area contributed by atoms with Crippen LogP contribution in [0.3, 0.4) is 0 Å². The van der Waals surface area contributed by atoms with Crippen LogP contribution in [0.1, 0.15) is 66.2 Å². The smallest absolute Gasteiger partial charge is 0.164 e. The fourth-order valence-electron chi connectivity index (χ4n) is 5.69. The quantitative estimate of drug-likeness (QED) is 0.772.